The Kier molecular flexibility index (Phi) is 4.18. The maximum atomic E-state index is 8.92. The van der Waals surface area contributed by atoms with Crippen LogP contribution >= 0.6 is 11.6 Å². The largest absolute Gasteiger partial charge is 0.392 e. The molecule has 0 radical (unpaired) electrons. The van der Waals surface area contributed by atoms with Gasteiger partial charge in [0.25, 0.3) is 0 Å². The molecule has 0 atom stereocenters. The molecule has 0 unspecified atom stereocenters. The van der Waals surface area contributed by atoms with E-state index in [-0.39, 0.29) is 6.61 Å². The number of benzene rings is 1. The van der Waals surface area contributed by atoms with Crippen LogP contribution in [0.3, 0.4) is 0 Å². The second kappa shape index (κ2) is 5.18. The average molecular weight is 211 g/mol. The molecule has 0 amide bonds. The van der Waals surface area contributed by atoms with Crippen molar-refractivity contribution in [2.75, 3.05) is 6.61 Å². The third-order valence-electron chi connectivity index (χ3n) is 2.12. The Morgan fingerprint density at radius 1 is 1.43 bits per heavy atom. The lowest BCUT2D eigenvalue weighted by Crippen LogP contribution is -1.96. The summed E-state index contributed by atoms with van der Waals surface area (Å²) in [5, 5.41) is 9.66. The first kappa shape index (κ1) is 11.3. The molecule has 1 rings (SSSR count). The van der Waals surface area contributed by atoms with E-state index < -0.39 is 0 Å². The van der Waals surface area contributed by atoms with Gasteiger partial charge in [-0.1, -0.05) is 49.7 Å². The van der Waals surface area contributed by atoms with Crippen LogP contribution in [0.1, 0.15) is 19.4 Å². The Hall–Kier alpha value is -0.790. The van der Waals surface area contributed by atoms with Crippen molar-refractivity contribution < 1.29 is 5.11 Å². The highest BCUT2D eigenvalue weighted by Crippen LogP contribution is 2.28. The van der Waals surface area contributed by atoms with Gasteiger partial charge in [-0.25, -0.2) is 0 Å². The molecule has 0 saturated carbocycles. The van der Waals surface area contributed by atoms with Crippen molar-refractivity contribution in [3.05, 3.63) is 40.9 Å². The normalized spacial score (nSPS) is 12.2. The minimum Gasteiger partial charge on any atom is -0.392 e. The summed E-state index contributed by atoms with van der Waals surface area (Å²) in [6, 6.07) is 7.70. The molecule has 0 aliphatic heterocycles. The highest BCUT2D eigenvalue weighted by Gasteiger charge is 2.08. The fourth-order valence-electron chi connectivity index (χ4n) is 1.45. The molecule has 0 saturated heterocycles. The lowest BCUT2D eigenvalue weighted by atomic mass is 9.95. The molecule has 14 heavy (non-hydrogen) atoms. The zero-order valence-electron chi connectivity index (χ0n) is 8.50. The summed E-state index contributed by atoms with van der Waals surface area (Å²) in [6.07, 6.45) is 1.81. The van der Waals surface area contributed by atoms with E-state index in [0.29, 0.717) is 5.92 Å². The van der Waals surface area contributed by atoms with Crippen LogP contribution in [-0.4, -0.2) is 11.7 Å². The predicted octanol–water partition coefficient (Wildman–Crippen LogP) is 3.37. The minimum atomic E-state index is 0.0543. The molecule has 2 heteroatoms. The smallest absolute Gasteiger partial charge is 0.0618 e. The van der Waals surface area contributed by atoms with Gasteiger partial charge in [0.15, 0.2) is 0 Å². The number of hydrogen-bond acceptors (Lipinski definition) is 1. The maximum Gasteiger partial charge on any atom is 0.0618 e. The van der Waals surface area contributed by atoms with Crippen molar-refractivity contribution in [3.63, 3.8) is 0 Å². The monoisotopic (exact) mass is 210 g/mol. The minimum absolute atomic E-state index is 0.0543. The van der Waals surface area contributed by atoms with E-state index in [4.69, 9.17) is 16.7 Å². The number of aliphatic hydroxyl groups excluding tert-OH is 1. The maximum absolute atomic E-state index is 8.92. The van der Waals surface area contributed by atoms with E-state index in [1.54, 1.807) is 0 Å². The molecule has 0 fully saturated rings. The standard InChI is InChI=1S/C12H15ClO/c1-9(2)10(7-8-14)11-5-3-4-6-12(11)13/h3-7,9,14H,8H2,1-2H3/b10-7-. The Labute approximate surface area is 90.0 Å². The summed E-state index contributed by atoms with van der Waals surface area (Å²) < 4.78 is 0. The number of allylic oxidation sites excluding steroid dienone is 1. The molecule has 0 spiro atoms. The van der Waals surface area contributed by atoms with Gasteiger partial charge in [0, 0.05) is 5.02 Å². The summed E-state index contributed by atoms with van der Waals surface area (Å²) in [6.45, 7) is 4.23. The number of halogens is 1. The molecule has 1 nitrogen and oxygen atoms in total. The quantitative estimate of drug-likeness (QED) is 0.811. The SMILES string of the molecule is CC(C)/C(=C/CO)c1ccccc1Cl. The summed E-state index contributed by atoms with van der Waals surface area (Å²) in [5.74, 6) is 0.363. The van der Waals surface area contributed by atoms with Crippen molar-refractivity contribution in [3.8, 4) is 0 Å². The summed E-state index contributed by atoms with van der Waals surface area (Å²) in [5.41, 5.74) is 2.11. The van der Waals surface area contributed by atoms with Gasteiger partial charge in [0.1, 0.15) is 0 Å². The van der Waals surface area contributed by atoms with Gasteiger partial charge in [-0.2, -0.15) is 0 Å². The van der Waals surface area contributed by atoms with Crippen molar-refractivity contribution in [1.29, 1.82) is 0 Å². The molecule has 76 valence electrons. The average Bonchev–Trinajstić information content (AvgIpc) is 2.15. The molecule has 0 heterocycles. The molecular weight excluding hydrogens is 196 g/mol. The first-order chi connectivity index (χ1) is 6.66. The van der Waals surface area contributed by atoms with Gasteiger partial charge in [-0.3, -0.25) is 0 Å². The van der Waals surface area contributed by atoms with Crippen LogP contribution in [0.5, 0.6) is 0 Å². The third-order valence-corrected chi connectivity index (χ3v) is 2.45. The highest BCUT2D eigenvalue weighted by atomic mass is 35.5. The lowest BCUT2D eigenvalue weighted by Gasteiger charge is -2.12. The van der Waals surface area contributed by atoms with E-state index in [1.165, 1.54) is 0 Å². The van der Waals surface area contributed by atoms with Gasteiger partial charge >= 0.3 is 0 Å². The molecule has 1 aromatic rings. The molecule has 1 N–H and O–H groups in total. The van der Waals surface area contributed by atoms with Gasteiger partial charge < -0.3 is 5.11 Å². The van der Waals surface area contributed by atoms with Crippen molar-refractivity contribution in [2.24, 2.45) is 5.92 Å². The lowest BCUT2D eigenvalue weighted by molar-refractivity contribution is 0.342. The summed E-state index contributed by atoms with van der Waals surface area (Å²) in [4.78, 5) is 0. The molecule has 0 aromatic heterocycles. The Morgan fingerprint density at radius 2 is 2.07 bits per heavy atom. The number of rotatable bonds is 3. The molecule has 0 aliphatic rings. The Morgan fingerprint density at radius 3 is 2.57 bits per heavy atom. The van der Waals surface area contributed by atoms with Crippen LogP contribution in [0.25, 0.3) is 5.57 Å². The zero-order chi connectivity index (χ0) is 10.6. The van der Waals surface area contributed by atoms with Crippen LogP contribution in [0.15, 0.2) is 30.3 Å². The van der Waals surface area contributed by atoms with Crippen molar-refractivity contribution in [1.82, 2.24) is 0 Å². The van der Waals surface area contributed by atoms with Gasteiger partial charge in [-0.15, -0.1) is 0 Å². The van der Waals surface area contributed by atoms with Crippen LogP contribution < -0.4 is 0 Å². The number of hydrogen-bond donors (Lipinski definition) is 1. The van der Waals surface area contributed by atoms with Gasteiger partial charge in [0.05, 0.1) is 6.61 Å². The van der Waals surface area contributed by atoms with Gasteiger partial charge in [-0.05, 0) is 23.1 Å². The molecule has 1 aromatic carbocycles. The van der Waals surface area contributed by atoms with Crippen LogP contribution in [-0.2, 0) is 0 Å². The van der Waals surface area contributed by atoms with Crippen LogP contribution in [0, 0.1) is 5.92 Å². The summed E-state index contributed by atoms with van der Waals surface area (Å²) in [7, 11) is 0. The summed E-state index contributed by atoms with van der Waals surface area (Å²) >= 11 is 6.08. The van der Waals surface area contributed by atoms with Crippen molar-refractivity contribution in [2.45, 2.75) is 13.8 Å². The first-order valence-electron chi connectivity index (χ1n) is 4.72. The van der Waals surface area contributed by atoms with E-state index >= 15 is 0 Å². The Bertz CT molecular complexity index is 329. The fourth-order valence-corrected chi connectivity index (χ4v) is 1.70. The van der Waals surface area contributed by atoms with Crippen LogP contribution in [0.2, 0.25) is 5.02 Å². The van der Waals surface area contributed by atoms with E-state index in [2.05, 4.69) is 13.8 Å². The van der Waals surface area contributed by atoms with Crippen molar-refractivity contribution >= 4 is 17.2 Å². The number of aliphatic hydroxyl groups is 1. The predicted molar refractivity (Wildman–Crippen MR) is 61.4 cm³/mol. The van der Waals surface area contributed by atoms with Gasteiger partial charge in [0.2, 0.25) is 0 Å². The fraction of sp³-hybridized carbons (Fsp3) is 0.333. The molecule has 0 aliphatic carbocycles. The molecular formula is C12H15ClO. The second-order valence-corrected chi connectivity index (χ2v) is 3.88. The van der Waals surface area contributed by atoms with E-state index in [0.717, 1.165) is 16.2 Å². The zero-order valence-corrected chi connectivity index (χ0v) is 9.25. The topological polar surface area (TPSA) is 20.2 Å². The third kappa shape index (κ3) is 2.60. The molecule has 0 bridgehead atoms. The van der Waals surface area contributed by atoms with E-state index in [1.807, 2.05) is 30.3 Å². The van der Waals surface area contributed by atoms with Crippen LogP contribution in [0.4, 0.5) is 0 Å². The second-order valence-electron chi connectivity index (χ2n) is 3.48. The Balaban J connectivity index is 3.12. The van der Waals surface area contributed by atoms with E-state index in [9.17, 15) is 0 Å². The first-order valence-corrected chi connectivity index (χ1v) is 5.10. The highest BCUT2D eigenvalue weighted by molar-refractivity contribution is 6.32.